The Morgan fingerprint density at radius 1 is 1.15 bits per heavy atom. The van der Waals surface area contributed by atoms with Crippen LogP contribution in [0.5, 0.6) is 0 Å². The van der Waals surface area contributed by atoms with Crippen LogP contribution in [0.2, 0.25) is 0 Å². The van der Waals surface area contributed by atoms with E-state index in [0.717, 1.165) is 19.4 Å². The summed E-state index contributed by atoms with van der Waals surface area (Å²) < 4.78 is 0. The third-order valence-electron chi connectivity index (χ3n) is 1.85. The van der Waals surface area contributed by atoms with Crippen LogP contribution in [0.15, 0.2) is 4.99 Å². The summed E-state index contributed by atoms with van der Waals surface area (Å²) in [7, 11) is 0. The second-order valence-electron chi connectivity index (χ2n) is 3.15. The average molecular weight is 175 g/mol. The predicted molar refractivity (Wildman–Crippen MR) is 56.7 cm³/mol. The minimum absolute atomic E-state index is 0. The van der Waals surface area contributed by atoms with Crippen LogP contribution in [0.1, 0.15) is 51.9 Å². The first-order chi connectivity index (χ1) is 5.91. The van der Waals surface area contributed by atoms with E-state index in [0.29, 0.717) is 0 Å². The molecule has 0 aromatic rings. The molecule has 2 heteroatoms. The van der Waals surface area contributed by atoms with Crippen molar-refractivity contribution >= 4 is 6.21 Å². The molecule has 1 nitrogen and oxygen atoms in total. The maximum atomic E-state index is 4.33. The minimum atomic E-state index is 0. The summed E-state index contributed by atoms with van der Waals surface area (Å²) in [6.07, 6.45) is 10.6. The Bertz CT molecular complexity index is 102. The summed E-state index contributed by atoms with van der Waals surface area (Å²) >= 11 is 0. The zero-order chi connectivity index (χ0) is 9.07. The van der Waals surface area contributed by atoms with Crippen molar-refractivity contribution in [2.75, 3.05) is 6.54 Å². The molecule has 0 aliphatic heterocycles. The van der Waals surface area contributed by atoms with E-state index in [9.17, 15) is 0 Å². The minimum Gasteiger partial charge on any atom is -0.343 e. The molecule has 0 saturated heterocycles. The van der Waals surface area contributed by atoms with Gasteiger partial charge in [0.2, 0.25) is 0 Å². The van der Waals surface area contributed by atoms with Crippen LogP contribution in [-0.4, -0.2) is 12.8 Å². The number of hydrogen-bond donors (Lipinski definition) is 0. The first kappa shape index (κ1) is 15.7. The molecule has 0 aliphatic carbocycles. The van der Waals surface area contributed by atoms with Crippen LogP contribution in [-0.2, 0) is 0 Å². The van der Waals surface area contributed by atoms with E-state index < -0.39 is 0 Å². The van der Waals surface area contributed by atoms with Gasteiger partial charge < -0.3 is 6.92 Å². The van der Waals surface area contributed by atoms with E-state index in [1.165, 1.54) is 32.1 Å². The maximum Gasteiger partial charge on any atom is 1.00 e. The molecular formula is C11H22LiN. The van der Waals surface area contributed by atoms with E-state index in [1.807, 2.05) is 0 Å². The topological polar surface area (TPSA) is 12.4 Å². The van der Waals surface area contributed by atoms with Gasteiger partial charge in [0.15, 0.2) is 0 Å². The third-order valence-corrected chi connectivity index (χ3v) is 1.85. The second kappa shape index (κ2) is 14.8. The van der Waals surface area contributed by atoms with Crippen molar-refractivity contribution in [3.63, 3.8) is 0 Å². The summed E-state index contributed by atoms with van der Waals surface area (Å²) in [5.41, 5.74) is 0. The molecule has 0 rings (SSSR count). The molecule has 0 radical (unpaired) electrons. The van der Waals surface area contributed by atoms with Crippen molar-refractivity contribution in [3.05, 3.63) is 6.92 Å². The smallest absolute Gasteiger partial charge is 0.343 e. The van der Waals surface area contributed by atoms with Gasteiger partial charge in [0.05, 0.1) is 0 Å². The van der Waals surface area contributed by atoms with Gasteiger partial charge in [-0.15, -0.1) is 0 Å². The van der Waals surface area contributed by atoms with Gasteiger partial charge >= 0.3 is 18.9 Å². The Kier molecular flexibility index (Phi) is 17.9. The zero-order valence-electron chi connectivity index (χ0n) is 9.39. The maximum absolute atomic E-state index is 4.33. The fraction of sp³-hybridized carbons (Fsp3) is 0.818. The fourth-order valence-electron chi connectivity index (χ4n) is 1.05. The summed E-state index contributed by atoms with van der Waals surface area (Å²) in [5, 5.41) is 0. The van der Waals surface area contributed by atoms with Gasteiger partial charge in [-0.05, 0) is 19.1 Å². The van der Waals surface area contributed by atoms with Gasteiger partial charge in [0, 0.05) is 6.54 Å². The van der Waals surface area contributed by atoms with E-state index >= 15 is 0 Å². The normalized spacial score (nSPS) is 10.3. The molecule has 0 heterocycles. The largest absolute Gasteiger partial charge is 1.00 e. The molecule has 0 fully saturated rings. The van der Waals surface area contributed by atoms with Crippen LogP contribution in [0.25, 0.3) is 0 Å². The zero-order valence-corrected chi connectivity index (χ0v) is 9.39. The van der Waals surface area contributed by atoms with Crippen molar-refractivity contribution in [2.45, 2.75) is 51.9 Å². The number of unbranched alkanes of at least 4 members (excludes halogenated alkanes) is 5. The van der Waals surface area contributed by atoms with Gasteiger partial charge in [-0.25, -0.2) is 0 Å². The van der Waals surface area contributed by atoms with Gasteiger partial charge in [0.25, 0.3) is 0 Å². The van der Waals surface area contributed by atoms with Gasteiger partial charge in [-0.2, -0.15) is 6.42 Å². The van der Waals surface area contributed by atoms with Crippen molar-refractivity contribution in [3.8, 4) is 0 Å². The number of rotatable bonds is 8. The first-order valence-electron chi connectivity index (χ1n) is 5.19. The molecule has 13 heavy (non-hydrogen) atoms. The number of hydrogen-bond acceptors (Lipinski definition) is 1. The van der Waals surface area contributed by atoms with Crippen LogP contribution in [0.3, 0.4) is 0 Å². The van der Waals surface area contributed by atoms with Gasteiger partial charge in [-0.1, -0.05) is 32.6 Å². The van der Waals surface area contributed by atoms with Crippen LogP contribution < -0.4 is 18.9 Å². The Labute approximate surface area is 95.6 Å². The van der Waals surface area contributed by atoms with Crippen molar-refractivity contribution in [1.29, 1.82) is 0 Å². The van der Waals surface area contributed by atoms with Gasteiger partial charge in [0.1, 0.15) is 0 Å². The SMILES string of the molecule is [CH2-]CCCC=NCCCCCC.[Li+]. The molecule has 0 spiro atoms. The van der Waals surface area contributed by atoms with Crippen molar-refractivity contribution in [2.24, 2.45) is 4.99 Å². The summed E-state index contributed by atoms with van der Waals surface area (Å²) in [5.74, 6) is 0. The van der Waals surface area contributed by atoms with Crippen LogP contribution in [0.4, 0.5) is 0 Å². The van der Waals surface area contributed by atoms with Gasteiger partial charge in [-0.3, -0.25) is 4.99 Å². The van der Waals surface area contributed by atoms with E-state index in [2.05, 4.69) is 25.1 Å². The van der Waals surface area contributed by atoms with E-state index in [1.54, 1.807) is 0 Å². The Hall–Kier alpha value is 0.267. The number of aliphatic imine (C=N–C) groups is 1. The molecule has 0 bridgehead atoms. The monoisotopic (exact) mass is 175 g/mol. The summed E-state index contributed by atoms with van der Waals surface area (Å²) in [6, 6.07) is 0. The molecule has 0 amide bonds. The molecular weight excluding hydrogens is 153 g/mol. The molecule has 0 aliphatic rings. The second-order valence-corrected chi connectivity index (χ2v) is 3.15. The first-order valence-corrected chi connectivity index (χ1v) is 5.19. The molecule has 0 atom stereocenters. The summed E-state index contributed by atoms with van der Waals surface area (Å²) in [6.45, 7) is 7.04. The number of nitrogens with zero attached hydrogens (tertiary/aromatic N) is 1. The van der Waals surface area contributed by atoms with Crippen LogP contribution >= 0.6 is 0 Å². The fourth-order valence-corrected chi connectivity index (χ4v) is 1.05. The molecule has 0 unspecified atom stereocenters. The third kappa shape index (κ3) is 15.1. The van der Waals surface area contributed by atoms with E-state index in [4.69, 9.17) is 0 Å². The molecule has 0 N–H and O–H groups in total. The molecule has 72 valence electrons. The molecule has 0 aromatic heterocycles. The predicted octanol–water partition coefficient (Wildman–Crippen LogP) is 0.646. The quantitative estimate of drug-likeness (QED) is 0.222. The Balaban J connectivity index is 0. The molecule has 0 aromatic carbocycles. The van der Waals surface area contributed by atoms with Crippen molar-refractivity contribution < 1.29 is 18.9 Å². The van der Waals surface area contributed by atoms with Crippen molar-refractivity contribution in [1.82, 2.24) is 0 Å². The van der Waals surface area contributed by atoms with E-state index in [-0.39, 0.29) is 18.9 Å². The molecule has 0 saturated carbocycles. The van der Waals surface area contributed by atoms with Crippen LogP contribution in [0, 0.1) is 6.92 Å². The Morgan fingerprint density at radius 2 is 1.92 bits per heavy atom. The standard InChI is InChI=1S/C11H22N.Li/c1-3-5-7-9-11-12-10-8-6-4-2;/h10H,2-9,11H2,1H3;/q-1;+1. The average Bonchev–Trinajstić information content (AvgIpc) is 2.10. The Morgan fingerprint density at radius 3 is 2.54 bits per heavy atom. The summed E-state index contributed by atoms with van der Waals surface area (Å²) in [4.78, 5) is 4.33.